The molecule has 3 unspecified atom stereocenters. The Morgan fingerprint density at radius 2 is 2.06 bits per heavy atom. The van der Waals surface area contributed by atoms with Gasteiger partial charge in [-0.25, -0.2) is 4.79 Å². The van der Waals surface area contributed by atoms with E-state index >= 15 is 0 Å². The van der Waals surface area contributed by atoms with Gasteiger partial charge in [-0.3, -0.25) is 4.79 Å². The molecule has 0 saturated heterocycles. The number of hydrogen-bond donors (Lipinski definition) is 3. The van der Waals surface area contributed by atoms with Gasteiger partial charge in [-0.05, 0) is 4.57 Å². The van der Waals surface area contributed by atoms with E-state index in [4.69, 9.17) is 15.9 Å². The molecule has 0 rings (SSSR count). The van der Waals surface area contributed by atoms with Gasteiger partial charge >= 0.3 is 20.2 Å². The molecule has 0 aliphatic rings. The SMILES string of the molecule is NC(COC(=O)C(CO)O[P+](=O)[O-])C(=O)O. The van der Waals surface area contributed by atoms with Crippen LogP contribution in [0.4, 0.5) is 0 Å². The summed E-state index contributed by atoms with van der Waals surface area (Å²) >= 11 is 0. The lowest BCUT2D eigenvalue weighted by molar-refractivity contribution is -0.195. The number of rotatable bonds is 7. The quantitative estimate of drug-likeness (QED) is 0.325. The van der Waals surface area contributed by atoms with Crippen molar-refractivity contribution < 1.29 is 38.5 Å². The molecule has 9 nitrogen and oxygen atoms in total. The Labute approximate surface area is 90.7 Å². The lowest BCUT2D eigenvalue weighted by Gasteiger charge is -2.10. The van der Waals surface area contributed by atoms with Crippen LogP contribution in [0.1, 0.15) is 0 Å². The van der Waals surface area contributed by atoms with Crippen molar-refractivity contribution in [1.82, 2.24) is 0 Å². The van der Waals surface area contributed by atoms with Gasteiger partial charge in [0.2, 0.25) is 6.10 Å². The third-order valence-corrected chi connectivity index (χ3v) is 1.79. The number of carbonyl (C=O) groups excluding carboxylic acids is 1. The Balaban J connectivity index is 4.12. The number of ether oxygens (including phenoxy) is 1. The Bertz CT molecular complexity index is 282. The number of carboxylic acid groups (broad SMARTS) is 1. The minimum Gasteiger partial charge on any atom is -0.566 e. The van der Waals surface area contributed by atoms with E-state index in [2.05, 4.69) is 9.26 Å². The van der Waals surface area contributed by atoms with Gasteiger partial charge in [-0.1, -0.05) is 0 Å². The van der Waals surface area contributed by atoms with Crippen molar-refractivity contribution in [2.45, 2.75) is 12.1 Å². The third kappa shape index (κ3) is 5.69. The highest BCUT2D eigenvalue weighted by molar-refractivity contribution is 7.30. The second-order valence-corrected chi connectivity index (χ2v) is 3.23. The average Bonchev–Trinajstić information content (AvgIpc) is 2.21. The first-order valence-corrected chi connectivity index (χ1v) is 5.05. The summed E-state index contributed by atoms with van der Waals surface area (Å²) in [5, 5.41) is 16.9. The molecule has 4 N–H and O–H groups in total. The summed E-state index contributed by atoms with van der Waals surface area (Å²) in [7, 11) is -3.33. The predicted molar refractivity (Wildman–Crippen MR) is 46.1 cm³/mol. The Morgan fingerprint density at radius 3 is 2.44 bits per heavy atom. The summed E-state index contributed by atoms with van der Waals surface area (Å²) in [4.78, 5) is 31.3. The van der Waals surface area contributed by atoms with E-state index in [-0.39, 0.29) is 0 Å². The molecule has 0 aromatic heterocycles. The van der Waals surface area contributed by atoms with E-state index in [1.54, 1.807) is 0 Å². The van der Waals surface area contributed by atoms with Crippen LogP contribution in [-0.2, 0) is 23.4 Å². The average molecular weight is 255 g/mol. The number of aliphatic carboxylic acids is 1. The second-order valence-electron chi connectivity index (χ2n) is 2.58. The summed E-state index contributed by atoms with van der Waals surface area (Å²) in [5.41, 5.74) is 5.01. The Morgan fingerprint density at radius 1 is 1.50 bits per heavy atom. The van der Waals surface area contributed by atoms with Gasteiger partial charge < -0.3 is 25.6 Å². The topological polar surface area (TPSA) is 159 Å². The fraction of sp³-hybridized carbons (Fsp3) is 0.667. The first-order chi connectivity index (χ1) is 7.38. The van der Waals surface area contributed by atoms with Gasteiger partial charge in [0.1, 0.15) is 12.6 Å². The van der Waals surface area contributed by atoms with Crippen LogP contribution in [0.2, 0.25) is 0 Å². The van der Waals surface area contributed by atoms with Gasteiger partial charge in [0, 0.05) is 0 Å². The molecule has 16 heavy (non-hydrogen) atoms. The molecule has 0 aromatic rings. The van der Waals surface area contributed by atoms with Crippen molar-refractivity contribution >= 4 is 20.2 Å². The zero-order valence-electron chi connectivity index (χ0n) is 7.94. The van der Waals surface area contributed by atoms with Crippen LogP contribution in [0.3, 0.4) is 0 Å². The monoisotopic (exact) mass is 255 g/mol. The number of hydrogen-bond acceptors (Lipinski definition) is 8. The maximum absolute atomic E-state index is 11.0. The third-order valence-electron chi connectivity index (χ3n) is 1.36. The minimum absolute atomic E-state index is 0.649. The van der Waals surface area contributed by atoms with E-state index in [0.717, 1.165) is 0 Å². The number of nitrogens with two attached hydrogens (primary N) is 1. The van der Waals surface area contributed by atoms with Crippen LogP contribution in [0.25, 0.3) is 0 Å². The second kappa shape index (κ2) is 7.20. The van der Waals surface area contributed by atoms with Gasteiger partial charge in [0.15, 0.2) is 0 Å². The lowest BCUT2D eigenvalue weighted by atomic mass is 10.3. The molecule has 0 aliphatic heterocycles. The largest absolute Gasteiger partial charge is 0.566 e. The standard InChI is InChI=1S/C6H10NO8P/c7-3(5(9)10)2-14-6(11)4(1-8)15-16(12)13/h3-4,8H,1-2,7H2,(H,9,10). The van der Waals surface area contributed by atoms with Gasteiger partial charge in [-0.15, -0.1) is 4.52 Å². The maximum Gasteiger partial charge on any atom is 0.489 e. The van der Waals surface area contributed by atoms with E-state index in [9.17, 15) is 19.0 Å². The van der Waals surface area contributed by atoms with Crippen LogP contribution in [0.5, 0.6) is 0 Å². The zero-order chi connectivity index (χ0) is 12.7. The number of esters is 1. The molecular weight excluding hydrogens is 245 g/mol. The van der Waals surface area contributed by atoms with Crippen LogP contribution >= 0.6 is 8.25 Å². The van der Waals surface area contributed by atoms with Gasteiger partial charge in [0.25, 0.3) is 0 Å². The molecule has 0 radical (unpaired) electrons. The number of carboxylic acids is 1. The number of aliphatic hydroxyl groups excluding tert-OH is 1. The molecule has 0 heterocycles. The molecule has 10 heteroatoms. The van der Waals surface area contributed by atoms with Crippen molar-refractivity contribution in [3.8, 4) is 0 Å². The number of aliphatic hydroxyl groups is 1. The normalized spacial score (nSPS) is 15.1. The number of carbonyl (C=O) groups is 2. The van der Waals surface area contributed by atoms with Crippen LogP contribution in [-0.4, -0.2) is 47.5 Å². The first-order valence-electron chi connectivity index (χ1n) is 3.95. The summed E-state index contributed by atoms with van der Waals surface area (Å²) in [5.74, 6) is -2.59. The van der Waals surface area contributed by atoms with Crippen molar-refractivity contribution in [2.24, 2.45) is 5.73 Å². The van der Waals surface area contributed by atoms with Crippen LogP contribution in [0, 0.1) is 0 Å². The van der Waals surface area contributed by atoms with Crippen LogP contribution < -0.4 is 10.6 Å². The highest BCUT2D eigenvalue weighted by atomic mass is 31.1. The fourth-order valence-electron chi connectivity index (χ4n) is 0.591. The molecule has 3 atom stereocenters. The Kier molecular flexibility index (Phi) is 6.70. The van der Waals surface area contributed by atoms with E-state index < -0.39 is 45.6 Å². The van der Waals surface area contributed by atoms with Crippen molar-refractivity contribution in [3.05, 3.63) is 0 Å². The van der Waals surface area contributed by atoms with E-state index in [1.807, 2.05) is 0 Å². The molecule has 0 fully saturated rings. The van der Waals surface area contributed by atoms with E-state index in [1.165, 1.54) is 0 Å². The minimum atomic E-state index is -3.33. The molecule has 0 aliphatic carbocycles. The molecular formula is C6H10NO8P. The van der Waals surface area contributed by atoms with Gasteiger partial charge in [-0.2, -0.15) is 0 Å². The Hall–Kier alpha value is -1.12. The zero-order valence-corrected chi connectivity index (χ0v) is 8.83. The fourth-order valence-corrected chi connectivity index (χ4v) is 0.951. The lowest BCUT2D eigenvalue weighted by Crippen LogP contribution is -2.38. The highest BCUT2D eigenvalue weighted by Gasteiger charge is 2.27. The molecule has 92 valence electrons. The predicted octanol–water partition coefficient (Wildman–Crippen LogP) is -2.66. The smallest absolute Gasteiger partial charge is 0.489 e. The molecule has 0 bridgehead atoms. The maximum atomic E-state index is 11.0. The van der Waals surface area contributed by atoms with E-state index in [0.29, 0.717) is 0 Å². The van der Waals surface area contributed by atoms with Crippen molar-refractivity contribution in [1.29, 1.82) is 0 Å². The molecule has 0 amide bonds. The summed E-state index contributed by atoms with van der Waals surface area (Å²) in [6, 6.07) is -1.43. The molecule has 0 aromatic carbocycles. The molecule has 0 saturated carbocycles. The van der Waals surface area contributed by atoms with Crippen molar-refractivity contribution in [2.75, 3.05) is 13.2 Å². The summed E-state index contributed by atoms with van der Waals surface area (Å²) in [6.45, 7) is -1.56. The van der Waals surface area contributed by atoms with Crippen molar-refractivity contribution in [3.63, 3.8) is 0 Å². The summed E-state index contributed by atoms with van der Waals surface area (Å²) in [6.07, 6.45) is -1.71. The van der Waals surface area contributed by atoms with Gasteiger partial charge in [0.05, 0.1) is 6.61 Å². The molecule has 0 spiro atoms. The summed E-state index contributed by atoms with van der Waals surface area (Å²) < 4.78 is 18.4. The van der Waals surface area contributed by atoms with Crippen LogP contribution in [0.15, 0.2) is 0 Å². The highest BCUT2D eigenvalue weighted by Crippen LogP contribution is 2.13. The first kappa shape index (κ1) is 14.9.